The molecule has 6 heterocycles. The van der Waals surface area contributed by atoms with Gasteiger partial charge in [0.15, 0.2) is 0 Å². The predicted octanol–water partition coefficient (Wildman–Crippen LogP) is 14.8. The monoisotopic (exact) mass is 778 g/mol. The van der Waals surface area contributed by atoms with Gasteiger partial charge in [-0.2, -0.15) is 0 Å². The SMILES string of the molecule is [2H]c1c([2H])c([2H])c(-n2c3ccccc3c3ccc4c(c5cccc6c7c(C([2H])([2H])[2H])c8c(c(C([2H])([2H])[2H])c7n4c65)c4cccc5c6c7c(ccc6n8c45)c4ccccc4n7-c4c([2H])c([2H])c([2H])c([2H])c4[2H])c32)c([2H])c1[2H]. The van der Waals surface area contributed by atoms with E-state index in [1.165, 1.54) is 0 Å². The molecule has 0 fully saturated rings. The molecule has 15 rings (SSSR count). The summed E-state index contributed by atoms with van der Waals surface area (Å²) in [5.74, 6) is 0. The molecule has 0 saturated carbocycles. The summed E-state index contributed by atoms with van der Waals surface area (Å²) in [6.45, 7) is -5.75. The van der Waals surface area contributed by atoms with Crippen molar-refractivity contribution in [1.29, 1.82) is 0 Å². The molecular formula is C56H34N4. The number of para-hydroxylation sites is 6. The highest BCUT2D eigenvalue weighted by molar-refractivity contribution is 6.36. The van der Waals surface area contributed by atoms with Crippen molar-refractivity contribution in [2.75, 3.05) is 0 Å². The summed E-state index contributed by atoms with van der Waals surface area (Å²) in [7, 11) is 0. The molecule has 4 nitrogen and oxygen atoms in total. The van der Waals surface area contributed by atoms with E-state index in [-0.39, 0.29) is 44.3 Å². The summed E-state index contributed by atoms with van der Waals surface area (Å²) >= 11 is 0. The Hall–Kier alpha value is -7.82. The number of hydrogen-bond acceptors (Lipinski definition) is 0. The van der Waals surface area contributed by atoms with Gasteiger partial charge in [-0.15, -0.1) is 0 Å². The number of benzene rings is 9. The molecule has 0 N–H and O–H groups in total. The van der Waals surface area contributed by atoms with Crippen molar-refractivity contribution in [3.8, 4) is 11.4 Å². The Balaban J connectivity index is 1.18. The van der Waals surface area contributed by atoms with E-state index in [9.17, 15) is 13.7 Å². The van der Waals surface area contributed by atoms with Gasteiger partial charge in [-0.1, -0.05) is 121 Å². The van der Waals surface area contributed by atoms with Crippen LogP contribution in [0.4, 0.5) is 0 Å². The second-order valence-corrected chi connectivity index (χ2v) is 15.6. The zero-order valence-electron chi connectivity index (χ0n) is 47.2. The van der Waals surface area contributed by atoms with Crippen molar-refractivity contribution in [1.82, 2.24) is 17.9 Å². The Bertz CT molecular complexity index is 4820. The zero-order chi connectivity index (χ0) is 52.8. The topological polar surface area (TPSA) is 18.7 Å². The zero-order valence-corrected chi connectivity index (χ0v) is 31.2. The van der Waals surface area contributed by atoms with Crippen LogP contribution in [0.2, 0.25) is 0 Å². The van der Waals surface area contributed by atoms with E-state index in [4.69, 9.17) is 8.22 Å². The molecule has 0 unspecified atom stereocenters. The van der Waals surface area contributed by atoms with Crippen LogP contribution in [0, 0.1) is 13.7 Å². The van der Waals surface area contributed by atoms with Crippen LogP contribution in [-0.2, 0) is 0 Å². The van der Waals surface area contributed by atoms with Crippen LogP contribution >= 0.6 is 0 Å². The number of hydrogen-bond donors (Lipinski definition) is 0. The van der Waals surface area contributed by atoms with Crippen LogP contribution in [0.3, 0.4) is 0 Å². The van der Waals surface area contributed by atoms with Gasteiger partial charge in [0.1, 0.15) is 0 Å². The average molecular weight is 779 g/mol. The summed E-state index contributed by atoms with van der Waals surface area (Å²) in [4.78, 5) is 0. The van der Waals surface area contributed by atoms with Crippen LogP contribution in [0.1, 0.15) is 33.1 Å². The Morgan fingerprint density at radius 1 is 0.333 bits per heavy atom. The molecule has 0 aliphatic carbocycles. The lowest BCUT2D eigenvalue weighted by Gasteiger charge is -2.11. The number of aryl methyl sites for hydroxylation is 2. The van der Waals surface area contributed by atoms with Gasteiger partial charge in [0.2, 0.25) is 0 Å². The average Bonchev–Trinajstić information content (AvgIpc) is 4.43. The summed E-state index contributed by atoms with van der Waals surface area (Å²) in [5, 5.41) is 6.75. The van der Waals surface area contributed by atoms with Gasteiger partial charge in [0.25, 0.3) is 0 Å². The summed E-state index contributed by atoms with van der Waals surface area (Å²) in [5.41, 5.74) is 4.38. The quantitative estimate of drug-likeness (QED) is 0.166. The van der Waals surface area contributed by atoms with Crippen molar-refractivity contribution >= 4 is 120 Å². The molecule has 15 aromatic rings. The lowest BCUT2D eigenvalue weighted by atomic mass is 9.96. The fourth-order valence-electron chi connectivity index (χ4n) is 10.9. The van der Waals surface area contributed by atoms with Crippen LogP contribution in [0.15, 0.2) is 170 Å². The minimum atomic E-state index is -2.87. The summed E-state index contributed by atoms with van der Waals surface area (Å²) in [6.07, 6.45) is 0. The van der Waals surface area contributed by atoms with E-state index < -0.39 is 74.1 Å². The van der Waals surface area contributed by atoms with Crippen LogP contribution in [0.5, 0.6) is 0 Å². The van der Waals surface area contributed by atoms with E-state index in [1.54, 1.807) is 33.4 Å². The molecule has 60 heavy (non-hydrogen) atoms. The normalized spacial score (nSPS) is 17.1. The molecule has 4 heteroatoms. The van der Waals surface area contributed by atoms with Gasteiger partial charge in [0, 0.05) is 84.2 Å². The van der Waals surface area contributed by atoms with Gasteiger partial charge in [-0.25, -0.2) is 0 Å². The molecule has 9 aromatic carbocycles. The second-order valence-electron chi connectivity index (χ2n) is 15.6. The molecular weight excluding hydrogens is 729 g/mol. The molecule has 278 valence electrons. The second kappa shape index (κ2) is 10.6. The summed E-state index contributed by atoms with van der Waals surface area (Å²) < 4.78 is 153. The Morgan fingerprint density at radius 3 is 1.17 bits per heavy atom. The van der Waals surface area contributed by atoms with Crippen LogP contribution in [-0.4, -0.2) is 17.9 Å². The van der Waals surface area contributed by atoms with Crippen molar-refractivity contribution in [2.45, 2.75) is 13.7 Å². The first kappa shape index (κ1) is 20.2. The standard InChI is InChI=1S/C56H34N4/c1-31-47-39-21-13-23-41-50-46(30-28-38-36-20-10-12-26-44(36)58(56(38)50)34-17-7-4-8-18-34)60(53(39)41)52(47)32(2)48-40-22-14-24-42-49-45(59(51(31)48)54(40)42)29-27-37-35-19-9-11-25-43(35)57(55(37)49)33-15-5-3-6-16-33/h3-30H,1-2H3/i1D3,2D3,3D,4D,5D,6D,7D,8D,15D,16D,17D,18D. The lowest BCUT2D eigenvalue weighted by Crippen LogP contribution is -1.94. The molecule has 0 saturated heterocycles. The molecule has 0 aliphatic rings. The largest absolute Gasteiger partial charge is 0.309 e. The number of fused-ring (bicyclic) bond motifs is 20. The fourth-order valence-corrected chi connectivity index (χ4v) is 10.9. The highest BCUT2D eigenvalue weighted by Crippen LogP contribution is 2.51. The van der Waals surface area contributed by atoms with Crippen LogP contribution in [0.25, 0.3) is 131 Å². The maximum atomic E-state index is 9.54. The molecule has 0 spiro atoms. The summed E-state index contributed by atoms with van der Waals surface area (Å²) in [6, 6.07) is 28.5. The van der Waals surface area contributed by atoms with Crippen molar-refractivity contribution in [2.24, 2.45) is 0 Å². The van der Waals surface area contributed by atoms with E-state index in [0.29, 0.717) is 87.2 Å². The van der Waals surface area contributed by atoms with Gasteiger partial charge < -0.3 is 17.9 Å². The first-order valence-electron chi connectivity index (χ1n) is 27.6. The highest BCUT2D eigenvalue weighted by atomic mass is 15.0. The van der Waals surface area contributed by atoms with Gasteiger partial charge >= 0.3 is 0 Å². The third kappa shape index (κ3) is 3.43. The first-order chi connectivity index (χ1) is 36.2. The fraction of sp³-hybridized carbons (Fsp3) is 0.0357. The molecule has 0 atom stereocenters. The smallest absolute Gasteiger partial charge is 0.0645 e. The Labute approximate surface area is 365 Å². The minimum Gasteiger partial charge on any atom is -0.309 e. The van der Waals surface area contributed by atoms with E-state index >= 15 is 0 Å². The number of aromatic nitrogens is 4. The molecule has 0 aliphatic heterocycles. The van der Waals surface area contributed by atoms with Crippen molar-refractivity contribution in [3.63, 3.8) is 0 Å². The van der Waals surface area contributed by atoms with E-state index in [0.717, 1.165) is 10.8 Å². The maximum Gasteiger partial charge on any atom is 0.0645 e. The maximum absolute atomic E-state index is 9.54. The van der Waals surface area contributed by atoms with Crippen molar-refractivity contribution < 1.29 is 21.9 Å². The van der Waals surface area contributed by atoms with Crippen LogP contribution < -0.4 is 0 Å². The third-order valence-corrected chi connectivity index (χ3v) is 13.0. The van der Waals surface area contributed by atoms with Gasteiger partial charge in [-0.05, 0) is 73.3 Å². The first-order valence-corrected chi connectivity index (χ1v) is 19.6. The minimum absolute atomic E-state index is 0.0573. The number of nitrogens with zero attached hydrogens (tertiary/aromatic N) is 4. The lowest BCUT2D eigenvalue weighted by molar-refractivity contribution is 1.19. The van der Waals surface area contributed by atoms with E-state index in [1.807, 2.05) is 93.7 Å². The molecule has 0 bridgehead atoms. The third-order valence-electron chi connectivity index (χ3n) is 13.0. The van der Waals surface area contributed by atoms with E-state index in [2.05, 4.69) is 0 Å². The highest BCUT2D eigenvalue weighted by Gasteiger charge is 2.29. The van der Waals surface area contributed by atoms with Crippen molar-refractivity contribution in [3.05, 3.63) is 181 Å². The predicted molar refractivity (Wildman–Crippen MR) is 254 cm³/mol. The van der Waals surface area contributed by atoms with Gasteiger partial charge in [0.05, 0.1) is 68.9 Å². The Morgan fingerprint density at radius 2 is 0.733 bits per heavy atom. The number of rotatable bonds is 2. The van der Waals surface area contributed by atoms with Gasteiger partial charge in [-0.3, -0.25) is 0 Å². The molecule has 0 amide bonds. The Kier molecular flexibility index (Phi) is 3.58. The molecule has 6 aromatic heterocycles. The molecule has 0 radical (unpaired) electrons.